The Morgan fingerprint density at radius 3 is 2.50 bits per heavy atom. The molecule has 1 aromatic rings. The lowest BCUT2D eigenvalue weighted by Gasteiger charge is -2.34. The topological polar surface area (TPSA) is 104 Å². The molecule has 0 aromatic carbocycles. The summed E-state index contributed by atoms with van der Waals surface area (Å²) < 4.78 is 10.2. The van der Waals surface area contributed by atoms with Gasteiger partial charge in [-0.15, -0.1) is 0 Å². The fourth-order valence-corrected chi connectivity index (χ4v) is 3.72. The van der Waals surface area contributed by atoms with E-state index in [1.54, 1.807) is 0 Å². The highest BCUT2D eigenvalue weighted by molar-refractivity contribution is 7.17. The molecule has 1 amide bonds. The van der Waals surface area contributed by atoms with Crippen molar-refractivity contribution in [1.29, 1.82) is 0 Å². The Morgan fingerprint density at radius 1 is 1.38 bits per heavy atom. The van der Waals surface area contributed by atoms with Crippen molar-refractivity contribution >= 4 is 28.3 Å². The molecule has 2 heterocycles. The first kappa shape index (κ1) is 18.8. The number of thiazole rings is 1. The van der Waals surface area contributed by atoms with Crippen molar-refractivity contribution in [2.45, 2.75) is 39.0 Å². The lowest BCUT2D eigenvalue weighted by Crippen LogP contribution is -2.46. The van der Waals surface area contributed by atoms with Crippen LogP contribution in [-0.4, -0.2) is 43.7 Å². The van der Waals surface area contributed by atoms with E-state index in [-0.39, 0.29) is 17.9 Å². The predicted molar refractivity (Wildman–Crippen MR) is 92.3 cm³/mol. The van der Waals surface area contributed by atoms with Gasteiger partial charge in [-0.3, -0.25) is 4.79 Å². The number of rotatable bonds is 4. The maximum atomic E-state index is 12.7. The van der Waals surface area contributed by atoms with E-state index in [9.17, 15) is 9.59 Å². The Labute approximate surface area is 145 Å². The third-order valence-electron chi connectivity index (χ3n) is 4.25. The summed E-state index contributed by atoms with van der Waals surface area (Å²) in [4.78, 5) is 29.6. The minimum Gasteiger partial charge on any atom is -0.465 e. The molecule has 3 N–H and O–H groups in total. The minimum atomic E-state index is -0.642. The molecule has 8 heteroatoms. The van der Waals surface area contributed by atoms with Gasteiger partial charge in [-0.1, -0.05) is 32.1 Å². The third-order valence-corrected chi connectivity index (χ3v) is 5.20. The van der Waals surface area contributed by atoms with Gasteiger partial charge in [0.15, 0.2) is 5.13 Å². The highest BCUT2D eigenvalue weighted by Gasteiger charge is 2.39. The van der Waals surface area contributed by atoms with Gasteiger partial charge in [0.1, 0.15) is 4.88 Å². The van der Waals surface area contributed by atoms with Crippen LogP contribution < -0.4 is 11.1 Å². The van der Waals surface area contributed by atoms with E-state index in [0.29, 0.717) is 41.8 Å². The van der Waals surface area contributed by atoms with Crippen LogP contribution in [0.1, 0.15) is 49.0 Å². The summed E-state index contributed by atoms with van der Waals surface area (Å²) in [6.07, 6.45) is 1.16. The lowest BCUT2D eigenvalue weighted by molar-refractivity contribution is -0.130. The fraction of sp³-hybridized carbons (Fsp3) is 0.688. The van der Waals surface area contributed by atoms with Gasteiger partial charge in [0, 0.05) is 25.2 Å². The number of nitrogens with two attached hydrogens (primary N) is 1. The van der Waals surface area contributed by atoms with E-state index in [1.165, 1.54) is 7.11 Å². The summed E-state index contributed by atoms with van der Waals surface area (Å²) in [5.74, 6) is -0.614. The summed E-state index contributed by atoms with van der Waals surface area (Å²) >= 11 is 1.13. The van der Waals surface area contributed by atoms with E-state index in [2.05, 4.69) is 10.3 Å². The Kier molecular flexibility index (Phi) is 5.62. The number of hydrogen-bond acceptors (Lipinski definition) is 7. The number of hydrogen-bond donors (Lipinski definition) is 2. The van der Waals surface area contributed by atoms with Crippen LogP contribution in [0, 0.1) is 5.41 Å². The number of carbonyl (C=O) groups is 2. The summed E-state index contributed by atoms with van der Waals surface area (Å²) in [5.41, 5.74) is 5.49. The fourth-order valence-electron chi connectivity index (χ4n) is 2.63. The van der Waals surface area contributed by atoms with Gasteiger partial charge in [-0.2, -0.15) is 0 Å². The number of carbonyl (C=O) groups excluding carboxylic acids is 2. The Balaban J connectivity index is 2.28. The standard InChI is InChI=1S/C16H25N3O4S/c1-15(2,3)11-10(12(20)22-4)24-14(18-11)19-13(21)16(9-17)5-7-23-8-6-16/h5-9,17H2,1-4H3,(H,18,19,21). The molecule has 0 radical (unpaired) electrons. The SMILES string of the molecule is COC(=O)c1sc(NC(=O)C2(CN)CCOCC2)nc1C(C)(C)C. The van der Waals surface area contributed by atoms with Gasteiger partial charge in [-0.05, 0) is 12.8 Å². The summed E-state index contributed by atoms with van der Waals surface area (Å²) in [6.45, 7) is 7.16. The molecule has 1 saturated heterocycles. The monoisotopic (exact) mass is 355 g/mol. The molecule has 1 aliphatic rings. The van der Waals surface area contributed by atoms with E-state index >= 15 is 0 Å². The van der Waals surface area contributed by atoms with Gasteiger partial charge in [-0.25, -0.2) is 9.78 Å². The first-order chi connectivity index (χ1) is 11.2. The van der Waals surface area contributed by atoms with Crippen LogP contribution in [0.5, 0.6) is 0 Å². The van der Waals surface area contributed by atoms with Crippen molar-refractivity contribution < 1.29 is 19.1 Å². The van der Waals surface area contributed by atoms with E-state index < -0.39 is 11.4 Å². The quantitative estimate of drug-likeness (QED) is 0.800. The number of methoxy groups -OCH3 is 1. The second-order valence-electron chi connectivity index (χ2n) is 6.99. The summed E-state index contributed by atoms with van der Waals surface area (Å²) in [5, 5.41) is 3.23. The molecule has 1 aromatic heterocycles. The van der Waals surface area contributed by atoms with Crippen molar-refractivity contribution in [2.24, 2.45) is 11.1 Å². The molecule has 0 spiro atoms. The number of nitrogens with one attached hydrogen (secondary N) is 1. The van der Waals surface area contributed by atoms with Crippen LogP contribution in [0.15, 0.2) is 0 Å². The minimum absolute atomic E-state index is 0.168. The molecule has 0 saturated carbocycles. The average Bonchev–Trinajstić information content (AvgIpc) is 2.98. The van der Waals surface area contributed by atoms with Crippen LogP contribution in [0.2, 0.25) is 0 Å². The molecule has 1 aliphatic heterocycles. The molecule has 24 heavy (non-hydrogen) atoms. The second kappa shape index (κ2) is 7.16. The Bertz CT molecular complexity index is 615. The number of nitrogens with zero attached hydrogens (tertiary/aromatic N) is 1. The molecule has 0 atom stereocenters. The maximum Gasteiger partial charge on any atom is 0.350 e. The van der Waals surface area contributed by atoms with Crippen molar-refractivity contribution in [3.05, 3.63) is 10.6 Å². The lowest BCUT2D eigenvalue weighted by atomic mass is 9.79. The second-order valence-corrected chi connectivity index (χ2v) is 7.99. The van der Waals surface area contributed by atoms with Gasteiger partial charge in [0.2, 0.25) is 5.91 Å². The number of ether oxygens (including phenoxy) is 2. The zero-order chi connectivity index (χ0) is 18.0. The van der Waals surface area contributed by atoms with Crippen LogP contribution in [-0.2, 0) is 19.7 Å². The molecule has 1 fully saturated rings. The predicted octanol–water partition coefficient (Wildman–Crippen LogP) is 1.92. The molecule has 134 valence electrons. The molecule has 0 bridgehead atoms. The molecule has 0 aliphatic carbocycles. The van der Waals surface area contributed by atoms with Crippen molar-refractivity contribution in [1.82, 2.24) is 4.98 Å². The Morgan fingerprint density at radius 2 is 2.00 bits per heavy atom. The third kappa shape index (κ3) is 3.76. The normalized spacial score (nSPS) is 17.4. The summed E-state index contributed by atoms with van der Waals surface area (Å²) in [7, 11) is 1.33. The number of aromatic nitrogens is 1. The highest BCUT2D eigenvalue weighted by Crippen LogP contribution is 2.35. The van der Waals surface area contributed by atoms with E-state index in [1.807, 2.05) is 20.8 Å². The van der Waals surface area contributed by atoms with Crippen molar-refractivity contribution in [3.63, 3.8) is 0 Å². The molecular formula is C16H25N3O4S. The van der Waals surface area contributed by atoms with Crippen LogP contribution in [0.3, 0.4) is 0 Å². The van der Waals surface area contributed by atoms with E-state index in [0.717, 1.165) is 11.3 Å². The van der Waals surface area contributed by atoms with E-state index in [4.69, 9.17) is 15.2 Å². The summed E-state index contributed by atoms with van der Waals surface area (Å²) in [6, 6.07) is 0. The molecule has 7 nitrogen and oxygen atoms in total. The average molecular weight is 355 g/mol. The van der Waals surface area contributed by atoms with Crippen LogP contribution >= 0.6 is 11.3 Å². The van der Waals surface area contributed by atoms with Crippen LogP contribution in [0.25, 0.3) is 0 Å². The first-order valence-electron chi connectivity index (χ1n) is 7.92. The first-order valence-corrected chi connectivity index (χ1v) is 8.74. The number of amides is 1. The zero-order valence-corrected chi connectivity index (χ0v) is 15.4. The number of anilines is 1. The van der Waals surface area contributed by atoms with Gasteiger partial charge < -0.3 is 20.5 Å². The zero-order valence-electron chi connectivity index (χ0n) is 14.6. The van der Waals surface area contributed by atoms with Gasteiger partial charge in [0.25, 0.3) is 0 Å². The largest absolute Gasteiger partial charge is 0.465 e. The molecule has 2 rings (SSSR count). The molecule has 0 unspecified atom stereocenters. The van der Waals surface area contributed by atoms with Gasteiger partial charge in [0.05, 0.1) is 18.2 Å². The molecular weight excluding hydrogens is 330 g/mol. The van der Waals surface area contributed by atoms with Crippen molar-refractivity contribution in [3.8, 4) is 0 Å². The van der Waals surface area contributed by atoms with Crippen molar-refractivity contribution in [2.75, 3.05) is 32.2 Å². The Hall–Kier alpha value is -1.51. The maximum absolute atomic E-state index is 12.7. The number of esters is 1. The highest BCUT2D eigenvalue weighted by atomic mass is 32.1. The smallest absolute Gasteiger partial charge is 0.350 e. The van der Waals surface area contributed by atoms with Gasteiger partial charge >= 0.3 is 5.97 Å². The van der Waals surface area contributed by atoms with Crippen LogP contribution in [0.4, 0.5) is 5.13 Å².